The molecule has 0 saturated carbocycles. The molecule has 3 rings (SSSR count). The van der Waals surface area contributed by atoms with Gasteiger partial charge in [-0.1, -0.05) is 37.7 Å². The third kappa shape index (κ3) is 4.53. The first kappa shape index (κ1) is 21.1. The molecule has 0 aliphatic carbocycles. The van der Waals surface area contributed by atoms with E-state index < -0.39 is 0 Å². The molecule has 7 nitrogen and oxygen atoms in total. The van der Waals surface area contributed by atoms with E-state index in [9.17, 15) is 9.59 Å². The summed E-state index contributed by atoms with van der Waals surface area (Å²) in [5.41, 5.74) is 3.72. The number of amides is 1. The summed E-state index contributed by atoms with van der Waals surface area (Å²) in [7, 11) is 0. The molecule has 0 atom stereocenters. The first-order valence-electron chi connectivity index (χ1n) is 9.97. The number of fused-ring (bicyclic) bond motifs is 1. The lowest BCUT2D eigenvalue weighted by Crippen LogP contribution is -2.25. The Morgan fingerprint density at radius 3 is 2.72 bits per heavy atom. The smallest absolute Gasteiger partial charge is 0.280 e. The summed E-state index contributed by atoms with van der Waals surface area (Å²) < 4.78 is 3.36. The molecule has 0 unspecified atom stereocenters. The van der Waals surface area contributed by atoms with Gasteiger partial charge >= 0.3 is 0 Å². The predicted molar refractivity (Wildman–Crippen MR) is 118 cm³/mol. The van der Waals surface area contributed by atoms with Crippen LogP contribution in [0, 0.1) is 6.92 Å². The number of carbonyl (C=O) groups is 1. The summed E-state index contributed by atoms with van der Waals surface area (Å²) in [5, 5.41) is 7.91. The van der Waals surface area contributed by atoms with Crippen molar-refractivity contribution in [1.82, 2.24) is 19.3 Å². The summed E-state index contributed by atoms with van der Waals surface area (Å²) in [5.74, 6) is 0.0560. The predicted octanol–water partition coefficient (Wildman–Crippen LogP) is 3.62. The zero-order valence-corrected chi connectivity index (χ0v) is 18.2. The summed E-state index contributed by atoms with van der Waals surface area (Å²) in [6, 6.07) is 7.82. The van der Waals surface area contributed by atoms with E-state index in [0.29, 0.717) is 29.3 Å². The Balaban J connectivity index is 1.85. The minimum absolute atomic E-state index is 0.0992. The molecule has 8 heteroatoms. The van der Waals surface area contributed by atoms with Gasteiger partial charge in [0.15, 0.2) is 10.7 Å². The average Bonchev–Trinajstić information content (AvgIpc) is 3.04. The van der Waals surface area contributed by atoms with E-state index in [1.165, 1.54) is 17.3 Å². The average molecular weight is 414 g/mol. The van der Waals surface area contributed by atoms with Crippen LogP contribution in [0.15, 0.2) is 34.2 Å². The molecule has 2 aromatic heterocycles. The summed E-state index contributed by atoms with van der Waals surface area (Å²) >= 11 is 1.28. The molecule has 0 fully saturated rings. The van der Waals surface area contributed by atoms with E-state index in [2.05, 4.69) is 17.3 Å². The lowest BCUT2D eigenvalue weighted by atomic mass is 10.1. The largest absolute Gasteiger partial charge is 0.325 e. The number of rotatable bonds is 8. The highest BCUT2D eigenvalue weighted by atomic mass is 32.2. The van der Waals surface area contributed by atoms with Crippen LogP contribution in [0.3, 0.4) is 0 Å². The van der Waals surface area contributed by atoms with E-state index in [4.69, 9.17) is 4.98 Å². The fourth-order valence-corrected chi connectivity index (χ4v) is 4.06. The Kier molecular flexibility index (Phi) is 6.74. The fourth-order valence-electron chi connectivity index (χ4n) is 3.24. The number of nitrogens with zero attached hydrogens (tertiary/aromatic N) is 4. The Hall–Kier alpha value is -2.61. The first-order chi connectivity index (χ1) is 14.0. The molecule has 0 radical (unpaired) electrons. The van der Waals surface area contributed by atoms with Gasteiger partial charge in [0, 0.05) is 18.8 Å². The first-order valence-corrected chi connectivity index (χ1v) is 11.0. The van der Waals surface area contributed by atoms with Gasteiger partial charge in [-0.15, -0.1) is 0 Å². The van der Waals surface area contributed by atoms with Crippen molar-refractivity contribution in [2.24, 2.45) is 0 Å². The quantitative estimate of drug-likeness (QED) is 0.450. The number of carbonyl (C=O) groups excluding carboxylic acids is 1. The van der Waals surface area contributed by atoms with Gasteiger partial charge in [0.25, 0.3) is 5.56 Å². The highest BCUT2D eigenvalue weighted by Crippen LogP contribution is 2.21. The summed E-state index contributed by atoms with van der Waals surface area (Å²) in [6.45, 7) is 9.06. The molecule has 0 aliphatic rings. The van der Waals surface area contributed by atoms with Crippen molar-refractivity contribution < 1.29 is 4.79 Å². The number of thioether (sulfide) groups is 1. The third-order valence-corrected chi connectivity index (χ3v) is 5.66. The molecule has 2 heterocycles. The number of aryl methyl sites for hydroxylation is 3. The number of hydrogen-bond acceptors (Lipinski definition) is 5. The summed E-state index contributed by atoms with van der Waals surface area (Å²) in [4.78, 5) is 30.2. The third-order valence-electron chi connectivity index (χ3n) is 4.68. The summed E-state index contributed by atoms with van der Waals surface area (Å²) in [6.07, 6.45) is 1.71. The molecule has 0 spiro atoms. The zero-order valence-electron chi connectivity index (χ0n) is 17.4. The maximum Gasteiger partial charge on any atom is 0.280 e. The van der Waals surface area contributed by atoms with Crippen molar-refractivity contribution in [1.29, 1.82) is 0 Å². The SMILES string of the molecule is CCCn1c(SCC(=O)Nc2cccc(CC)c2)nc2c(C)nn(CC)c2c1=O. The molecular weight excluding hydrogens is 386 g/mol. The van der Waals surface area contributed by atoms with Crippen LogP contribution in [0.25, 0.3) is 11.0 Å². The monoisotopic (exact) mass is 413 g/mol. The second kappa shape index (κ2) is 9.26. The van der Waals surface area contributed by atoms with E-state index in [1.807, 2.05) is 45.0 Å². The van der Waals surface area contributed by atoms with Crippen LogP contribution in [0.1, 0.15) is 38.4 Å². The van der Waals surface area contributed by atoms with E-state index in [1.54, 1.807) is 9.25 Å². The van der Waals surface area contributed by atoms with Gasteiger partial charge in [0.05, 0.1) is 11.4 Å². The van der Waals surface area contributed by atoms with Crippen LogP contribution in [-0.2, 0) is 24.3 Å². The van der Waals surface area contributed by atoms with Gasteiger partial charge < -0.3 is 5.32 Å². The molecule has 1 amide bonds. The van der Waals surface area contributed by atoms with Gasteiger partial charge in [-0.3, -0.25) is 18.8 Å². The minimum Gasteiger partial charge on any atom is -0.325 e. The second-order valence-corrected chi connectivity index (χ2v) is 7.78. The molecule has 0 aliphatic heterocycles. The Labute approximate surface area is 174 Å². The van der Waals surface area contributed by atoms with Crippen LogP contribution >= 0.6 is 11.8 Å². The molecular formula is C21H27N5O2S. The number of benzene rings is 1. The highest BCUT2D eigenvalue weighted by molar-refractivity contribution is 7.99. The lowest BCUT2D eigenvalue weighted by Gasteiger charge is -2.12. The molecule has 0 saturated heterocycles. The van der Waals surface area contributed by atoms with Crippen LogP contribution in [0.5, 0.6) is 0 Å². The van der Waals surface area contributed by atoms with Crippen LogP contribution in [0.2, 0.25) is 0 Å². The molecule has 0 bridgehead atoms. The van der Waals surface area contributed by atoms with Gasteiger partial charge in [0.1, 0.15) is 5.52 Å². The van der Waals surface area contributed by atoms with Crippen LogP contribution in [-0.4, -0.2) is 31.0 Å². The Bertz CT molecular complexity index is 1090. The second-order valence-electron chi connectivity index (χ2n) is 6.84. The lowest BCUT2D eigenvalue weighted by molar-refractivity contribution is -0.113. The normalized spacial score (nSPS) is 11.2. The Morgan fingerprint density at radius 2 is 2.03 bits per heavy atom. The van der Waals surface area contributed by atoms with Crippen molar-refractivity contribution in [2.75, 3.05) is 11.1 Å². The molecule has 1 N–H and O–H groups in total. The molecule has 29 heavy (non-hydrogen) atoms. The van der Waals surface area contributed by atoms with Crippen molar-refractivity contribution in [3.63, 3.8) is 0 Å². The maximum atomic E-state index is 13.1. The minimum atomic E-state index is -0.123. The Morgan fingerprint density at radius 1 is 1.24 bits per heavy atom. The van der Waals surface area contributed by atoms with Crippen LogP contribution < -0.4 is 10.9 Å². The molecule has 1 aromatic carbocycles. The van der Waals surface area contributed by atoms with Crippen LogP contribution in [0.4, 0.5) is 5.69 Å². The molecule has 154 valence electrons. The number of anilines is 1. The highest BCUT2D eigenvalue weighted by Gasteiger charge is 2.18. The van der Waals surface area contributed by atoms with Gasteiger partial charge in [-0.05, 0) is 44.4 Å². The van der Waals surface area contributed by atoms with Gasteiger partial charge in [-0.2, -0.15) is 5.10 Å². The van der Waals surface area contributed by atoms with Crippen molar-refractivity contribution in [2.45, 2.75) is 58.8 Å². The van der Waals surface area contributed by atoms with Crippen molar-refractivity contribution >= 4 is 34.4 Å². The van der Waals surface area contributed by atoms with E-state index in [0.717, 1.165) is 24.2 Å². The van der Waals surface area contributed by atoms with E-state index >= 15 is 0 Å². The molecule has 3 aromatic rings. The van der Waals surface area contributed by atoms with Crippen molar-refractivity contribution in [3.05, 3.63) is 45.9 Å². The maximum absolute atomic E-state index is 13.1. The van der Waals surface area contributed by atoms with Gasteiger partial charge in [-0.25, -0.2) is 4.98 Å². The topological polar surface area (TPSA) is 81.8 Å². The standard InChI is InChI=1S/C21H27N5O2S/c1-5-11-25-20(28)19-18(14(4)24-26(19)7-3)23-21(25)29-13-17(27)22-16-10-8-9-15(6-2)12-16/h8-10,12H,5-7,11,13H2,1-4H3,(H,22,27). The fraction of sp³-hybridized carbons (Fsp3) is 0.429. The number of nitrogens with one attached hydrogen (secondary N) is 1. The van der Waals surface area contributed by atoms with Gasteiger partial charge in [0.2, 0.25) is 5.91 Å². The van der Waals surface area contributed by atoms with E-state index in [-0.39, 0.29) is 17.2 Å². The number of aromatic nitrogens is 4. The number of hydrogen-bond donors (Lipinski definition) is 1. The van der Waals surface area contributed by atoms with Crippen molar-refractivity contribution in [3.8, 4) is 0 Å². The zero-order chi connectivity index (χ0) is 21.0.